The van der Waals surface area contributed by atoms with Crippen LogP contribution in [0.5, 0.6) is 0 Å². The molecular weight excluding hydrogens is 305 g/mol. The Morgan fingerprint density at radius 2 is 1.96 bits per heavy atom. The number of ether oxygens (including phenoxy) is 1. The van der Waals surface area contributed by atoms with Crippen molar-refractivity contribution in [1.82, 2.24) is 14.7 Å². The SMILES string of the molecule is Fc1ccc(-n2ncc3c2CCC[C@H]3CCN2CCOCC2)cc1. The van der Waals surface area contributed by atoms with E-state index in [9.17, 15) is 4.39 Å². The Kier molecular flexibility index (Phi) is 4.63. The number of rotatable bonds is 4. The van der Waals surface area contributed by atoms with Gasteiger partial charge in [0, 0.05) is 18.8 Å². The van der Waals surface area contributed by atoms with Gasteiger partial charge in [0.05, 0.1) is 25.1 Å². The molecule has 2 aliphatic rings. The number of fused-ring (bicyclic) bond motifs is 1. The average molecular weight is 329 g/mol. The fraction of sp³-hybridized carbons (Fsp3) is 0.526. The maximum atomic E-state index is 13.2. The third-order valence-electron chi connectivity index (χ3n) is 5.28. The van der Waals surface area contributed by atoms with Crippen molar-refractivity contribution in [2.45, 2.75) is 31.6 Å². The van der Waals surface area contributed by atoms with Gasteiger partial charge in [-0.2, -0.15) is 5.10 Å². The van der Waals surface area contributed by atoms with E-state index in [1.54, 1.807) is 12.1 Å². The van der Waals surface area contributed by atoms with Crippen molar-refractivity contribution in [1.29, 1.82) is 0 Å². The monoisotopic (exact) mass is 329 g/mol. The molecule has 1 saturated heterocycles. The molecule has 0 bridgehead atoms. The Hall–Kier alpha value is -1.72. The van der Waals surface area contributed by atoms with Crippen molar-refractivity contribution in [3.05, 3.63) is 47.5 Å². The summed E-state index contributed by atoms with van der Waals surface area (Å²) in [7, 11) is 0. The van der Waals surface area contributed by atoms with Gasteiger partial charge in [-0.05, 0) is 68.0 Å². The van der Waals surface area contributed by atoms with E-state index in [0.717, 1.165) is 45.0 Å². The first kappa shape index (κ1) is 15.8. The first-order valence-corrected chi connectivity index (χ1v) is 8.94. The standard InChI is InChI=1S/C19H24FN3O/c20-16-4-6-17(7-5-16)23-19-3-1-2-15(18(19)14-21-23)8-9-22-10-12-24-13-11-22/h4-7,14-15H,1-3,8-13H2/t15-/m0/s1. The van der Waals surface area contributed by atoms with Crippen LogP contribution in [0.15, 0.2) is 30.5 Å². The lowest BCUT2D eigenvalue weighted by molar-refractivity contribution is 0.0363. The second-order valence-electron chi connectivity index (χ2n) is 6.77. The Bertz CT molecular complexity index is 676. The van der Waals surface area contributed by atoms with E-state index in [0.29, 0.717) is 5.92 Å². The van der Waals surface area contributed by atoms with Crippen LogP contribution >= 0.6 is 0 Å². The van der Waals surface area contributed by atoms with Crippen molar-refractivity contribution in [3.8, 4) is 5.69 Å². The van der Waals surface area contributed by atoms with E-state index in [-0.39, 0.29) is 5.82 Å². The summed E-state index contributed by atoms with van der Waals surface area (Å²) in [6.45, 7) is 4.95. The lowest BCUT2D eigenvalue weighted by atomic mass is 9.84. The van der Waals surface area contributed by atoms with Crippen molar-refractivity contribution in [2.24, 2.45) is 0 Å². The van der Waals surface area contributed by atoms with Crippen LogP contribution in [-0.2, 0) is 11.2 Å². The molecule has 5 heteroatoms. The van der Waals surface area contributed by atoms with Gasteiger partial charge in [-0.25, -0.2) is 9.07 Å². The Labute approximate surface area is 142 Å². The summed E-state index contributed by atoms with van der Waals surface area (Å²) in [5, 5.41) is 4.60. The molecule has 1 aliphatic carbocycles. The van der Waals surface area contributed by atoms with Crippen LogP contribution in [0.3, 0.4) is 0 Å². The number of hydrogen-bond acceptors (Lipinski definition) is 3. The van der Waals surface area contributed by atoms with Crippen LogP contribution in [0.25, 0.3) is 5.69 Å². The fourth-order valence-electron chi connectivity index (χ4n) is 3.92. The van der Waals surface area contributed by atoms with Crippen molar-refractivity contribution in [3.63, 3.8) is 0 Å². The van der Waals surface area contributed by atoms with E-state index in [1.165, 1.54) is 42.7 Å². The largest absolute Gasteiger partial charge is 0.379 e. The Morgan fingerprint density at radius 3 is 2.75 bits per heavy atom. The molecule has 0 saturated carbocycles. The van der Waals surface area contributed by atoms with Gasteiger partial charge in [-0.3, -0.25) is 4.90 Å². The van der Waals surface area contributed by atoms with Gasteiger partial charge in [-0.1, -0.05) is 0 Å². The molecule has 2 heterocycles. The molecule has 0 unspecified atom stereocenters. The third kappa shape index (κ3) is 3.23. The lowest BCUT2D eigenvalue weighted by Gasteiger charge is -2.29. The zero-order valence-corrected chi connectivity index (χ0v) is 14.0. The zero-order chi connectivity index (χ0) is 16.4. The van der Waals surface area contributed by atoms with Crippen LogP contribution in [0.1, 0.15) is 36.4 Å². The molecular formula is C19H24FN3O. The van der Waals surface area contributed by atoms with Gasteiger partial charge in [0.15, 0.2) is 0 Å². The lowest BCUT2D eigenvalue weighted by Crippen LogP contribution is -2.37. The summed E-state index contributed by atoms with van der Waals surface area (Å²) in [5.41, 5.74) is 3.64. The summed E-state index contributed by atoms with van der Waals surface area (Å²) in [6.07, 6.45) is 6.71. The fourth-order valence-corrected chi connectivity index (χ4v) is 3.92. The predicted molar refractivity (Wildman–Crippen MR) is 91.1 cm³/mol. The molecule has 1 aliphatic heterocycles. The number of aromatic nitrogens is 2. The second kappa shape index (κ2) is 7.03. The van der Waals surface area contributed by atoms with Crippen molar-refractivity contribution < 1.29 is 9.13 Å². The Morgan fingerprint density at radius 1 is 1.17 bits per heavy atom. The van der Waals surface area contributed by atoms with Crippen molar-refractivity contribution in [2.75, 3.05) is 32.8 Å². The van der Waals surface area contributed by atoms with Crippen LogP contribution in [0.2, 0.25) is 0 Å². The molecule has 2 aromatic rings. The average Bonchev–Trinajstić information content (AvgIpc) is 3.06. The summed E-state index contributed by atoms with van der Waals surface area (Å²) in [6, 6.07) is 6.62. The maximum absolute atomic E-state index is 13.2. The van der Waals surface area contributed by atoms with E-state index in [4.69, 9.17) is 4.74 Å². The third-order valence-corrected chi connectivity index (χ3v) is 5.28. The van der Waals surface area contributed by atoms with Gasteiger partial charge in [0.25, 0.3) is 0 Å². The zero-order valence-electron chi connectivity index (χ0n) is 14.0. The number of nitrogens with zero attached hydrogens (tertiary/aromatic N) is 3. The van der Waals surface area contributed by atoms with E-state index >= 15 is 0 Å². The molecule has 0 radical (unpaired) electrons. The minimum atomic E-state index is -0.205. The maximum Gasteiger partial charge on any atom is 0.123 e. The van der Waals surface area contributed by atoms with Crippen molar-refractivity contribution >= 4 is 0 Å². The molecule has 1 fully saturated rings. The topological polar surface area (TPSA) is 30.3 Å². The smallest absolute Gasteiger partial charge is 0.123 e. The summed E-state index contributed by atoms with van der Waals surface area (Å²) in [4.78, 5) is 2.50. The first-order valence-electron chi connectivity index (χ1n) is 8.94. The number of halogens is 1. The van der Waals surface area contributed by atoms with Crippen LogP contribution in [-0.4, -0.2) is 47.5 Å². The van der Waals surface area contributed by atoms with Gasteiger partial charge in [0.2, 0.25) is 0 Å². The normalized spacial score (nSPS) is 21.6. The minimum absolute atomic E-state index is 0.205. The molecule has 24 heavy (non-hydrogen) atoms. The molecule has 128 valence electrons. The second-order valence-corrected chi connectivity index (χ2v) is 6.77. The van der Waals surface area contributed by atoms with E-state index in [1.807, 2.05) is 10.9 Å². The summed E-state index contributed by atoms with van der Waals surface area (Å²) in [5.74, 6) is 0.383. The van der Waals surface area contributed by atoms with Gasteiger partial charge >= 0.3 is 0 Å². The summed E-state index contributed by atoms with van der Waals surface area (Å²) < 4.78 is 20.6. The highest BCUT2D eigenvalue weighted by atomic mass is 19.1. The molecule has 0 spiro atoms. The number of hydrogen-bond donors (Lipinski definition) is 0. The number of morpholine rings is 1. The summed E-state index contributed by atoms with van der Waals surface area (Å²) >= 11 is 0. The first-order chi connectivity index (χ1) is 11.8. The Balaban J connectivity index is 1.50. The van der Waals surface area contributed by atoms with E-state index in [2.05, 4.69) is 10.00 Å². The molecule has 0 amide bonds. The molecule has 4 nitrogen and oxygen atoms in total. The minimum Gasteiger partial charge on any atom is -0.379 e. The molecule has 0 N–H and O–H groups in total. The van der Waals surface area contributed by atoms with Crippen LogP contribution < -0.4 is 0 Å². The highest BCUT2D eigenvalue weighted by Crippen LogP contribution is 2.35. The van der Waals surface area contributed by atoms with E-state index < -0.39 is 0 Å². The molecule has 1 aromatic heterocycles. The van der Waals surface area contributed by atoms with Crippen LogP contribution in [0, 0.1) is 5.82 Å². The van der Waals surface area contributed by atoms with Crippen LogP contribution in [0.4, 0.5) is 4.39 Å². The van der Waals surface area contributed by atoms with Gasteiger partial charge < -0.3 is 4.74 Å². The van der Waals surface area contributed by atoms with Gasteiger partial charge in [-0.15, -0.1) is 0 Å². The highest BCUT2D eigenvalue weighted by molar-refractivity contribution is 5.37. The molecule has 1 atom stereocenters. The predicted octanol–water partition coefficient (Wildman–Crippen LogP) is 3.15. The molecule has 4 rings (SSSR count). The quantitative estimate of drug-likeness (QED) is 0.863. The highest BCUT2D eigenvalue weighted by Gasteiger charge is 2.25. The molecule has 1 aromatic carbocycles. The number of benzene rings is 1. The van der Waals surface area contributed by atoms with Gasteiger partial charge in [0.1, 0.15) is 5.82 Å².